The maximum absolute atomic E-state index is 12.7. The Balaban J connectivity index is 4.70. The van der Waals surface area contributed by atoms with E-state index in [9.17, 15) is 4.57 Å². The van der Waals surface area contributed by atoms with Gasteiger partial charge in [0.25, 0.3) is 0 Å². The smallest absolute Gasteiger partial charge is 0.412 e. The molecule has 0 saturated heterocycles. The van der Waals surface area contributed by atoms with Gasteiger partial charge in [0, 0.05) is 0 Å². The number of nitrogens with zero attached hydrogens (tertiary/aromatic N) is 1. The minimum absolute atomic E-state index is 0.329. The third-order valence-corrected chi connectivity index (χ3v) is 9.08. The van der Waals surface area contributed by atoms with Crippen LogP contribution in [0.3, 0.4) is 0 Å². The zero-order valence-electron chi connectivity index (χ0n) is 14.7. The van der Waals surface area contributed by atoms with E-state index in [4.69, 9.17) is 17.5 Å². The lowest BCUT2D eigenvalue weighted by atomic mass is 10.8. The molecule has 10 heteroatoms. The van der Waals surface area contributed by atoms with Gasteiger partial charge in [0.05, 0.1) is 12.8 Å². The van der Waals surface area contributed by atoms with Crippen molar-refractivity contribution in [1.29, 1.82) is 0 Å². The lowest BCUT2D eigenvalue weighted by Crippen LogP contribution is -2.30. The number of phosphoric acid groups is 1. The van der Waals surface area contributed by atoms with E-state index in [1.807, 2.05) is 39.3 Å². The molecule has 0 aliphatic heterocycles. The maximum Gasteiger partial charge on any atom is 0.530 e. The largest absolute Gasteiger partial charge is 0.530 e. The molecule has 0 saturated carbocycles. The monoisotopic (exact) mass is 371 g/mol. The van der Waals surface area contributed by atoms with E-state index in [0.29, 0.717) is 6.61 Å². The number of hydrogen-bond acceptors (Lipinski definition) is 6. The molecule has 0 radical (unpaired) electrons. The first-order valence-corrected chi connectivity index (χ1v) is 18.7. The van der Waals surface area contributed by atoms with Gasteiger partial charge in [-0.05, 0) is 58.9 Å². The third kappa shape index (κ3) is 13.6. The molecule has 0 spiro atoms. The molecule has 0 amide bonds. The lowest BCUT2D eigenvalue weighted by molar-refractivity contribution is 0.214. The fraction of sp³-hybridized carbons (Fsp3) is 0.909. The van der Waals surface area contributed by atoms with Crippen LogP contribution in [0.15, 0.2) is 5.16 Å². The van der Waals surface area contributed by atoms with Crippen LogP contribution in [0, 0.1) is 0 Å². The summed E-state index contributed by atoms with van der Waals surface area (Å²) in [6, 6.07) is 0. The van der Waals surface area contributed by atoms with Crippen LogP contribution in [0.25, 0.3) is 0 Å². The molecule has 0 aliphatic rings. The molecule has 0 rings (SSSR count). The van der Waals surface area contributed by atoms with Crippen LogP contribution in [0.2, 0.25) is 58.9 Å². The second-order valence-corrected chi connectivity index (χ2v) is 23.1. The molecule has 126 valence electrons. The summed E-state index contributed by atoms with van der Waals surface area (Å²) in [7, 11) is -9.42. The van der Waals surface area contributed by atoms with Gasteiger partial charge in [-0.15, -0.1) is 0 Å². The van der Waals surface area contributed by atoms with Crippen LogP contribution in [-0.4, -0.2) is 37.8 Å². The first kappa shape index (κ1) is 21.2. The van der Waals surface area contributed by atoms with Crippen LogP contribution in [0.4, 0.5) is 0 Å². The van der Waals surface area contributed by atoms with Gasteiger partial charge in [-0.1, -0.05) is 5.16 Å². The van der Waals surface area contributed by atoms with Crippen molar-refractivity contribution < 1.29 is 22.0 Å². The molecule has 0 aliphatic carbocycles. The van der Waals surface area contributed by atoms with Crippen molar-refractivity contribution in [3.8, 4) is 0 Å². The van der Waals surface area contributed by atoms with E-state index in [1.54, 1.807) is 0 Å². The highest BCUT2D eigenvalue weighted by atomic mass is 31.2. The molecule has 0 bridgehead atoms. The molecular formula is C11H30NO5PSi3. The van der Waals surface area contributed by atoms with Crippen LogP contribution in [0.1, 0.15) is 0 Å². The number of hydrogen-bond donors (Lipinski definition) is 0. The fourth-order valence-corrected chi connectivity index (χ4v) is 8.01. The van der Waals surface area contributed by atoms with Gasteiger partial charge in [0.15, 0.2) is 25.0 Å². The molecule has 0 unspecified atom stereocenters. The Morgan fingerprint density at radius 3 is 1.62 bits per heavy atom. The molecular weight excluding hydrogens is 341 g/mol. The topological polar surface area (TPSA) is 66.4 Å². The van der Waals surface area contributed by atoms with E-state index >= 15 is 0 Å². The van der Waals surface area contributed by atoms with E-state index in [-0.39, 0.29) is 0 Å². The normalized spacial score (nSPS) is 14.7. The van der Waals surface area contributed by atoms with Crippen LogP contribution >= 0.6 is 7.82 Å². The van der Waals surface area contributed by atoms with Gasteiger partial charge in [0.1, 0.15) is 0 Å². The zero-order valence-corrected chi connectivity index (χ0v) is 18.6. The Morgan fingerprint density at radius 2 is 1.29 bits per heavy atom. The molecule has 21 heavy (non-hydrogen) atoms. The summed E-state index contributed by atoms with van der Waals surface area (Å²) in [6.45, 7) is 18.1. The standard InChI is InChI=1S/C11H30NO5PSi3/c1-19(2,3)14-11-10-12-15-18(13,16-20(4,5)6)17-21(7,8)9/h10H,11H2,1-9H3/b12-10+. The van der Waals surface area contributed by atoms with Crippen molar-refractivity contribution in [2.45, 2.75) is 58.9 Å². The average molecular weight is 372 g/mol. The van der Waals surface area contributed by atoms with Crippen LogP contribution < -0.4 is 0 Å². The minimum Gasteiger partial charge on any atom is -0.412 e. The number of rotatable bonds is 9. The van der Waals surface area contributed by atoms with Gasteiger partial charge < -0.3 is 12.9 Å². The molecule has 0 fully saturated rings. The average Bonchev–Trinajstić information content (AvgIpc) is 2.07. The SMILES string of the molecule is C[Si](C)(C)OC/C=N/OP(=O)(O[Si](C)(C)C)O[Si](C)(C)C. The van der Waals surface area contributed by atoms with Crippen molar-refractivity contribution in [1.82, 2.24) is 0 Å². The summed E-state index contributed by atoms with van der Waals surface area (Å²) in [6.07, 6.45) is 1.45. The highest BCUT2D eigenvalue weighted by molar-refractivity contribution is 7.52. The van der Waals surface area contributed by atoms with Crippen molar-refractivity contribution in [3.05, 3.63) is 0 Å². The van der Waals surface area contributed by atoms with E-state index < -0.39 is 32.8 Å². The van der Waals surface area contributed by atoms with Gasteiger partial charge >= 0.3 is 7.82 Å². The molecule has 0 atom stereocenters. The highest BCUT2D eigenvalue weighted by Gasteiger charge is 2.39. The predicted molar refractivity (Wildman–Crippen MR) is 95.3 cm³/mol. The van der Waals surface area contributed by atoms with Crippen molar-refractivity contribution in [2.24, 2.45) is 5.16 Å². The van der Waals surface area contributed by atoms with Crippen molar-refractivity contribution >= 4 is 39.0 Å². The quantitative estimate of drug-likeness (QED) is 0.255. The summed E-state index contributed by atoms with van der Waals surface area (Å²) < 4.78 is 34.5. The van der Waals surface area contributed by atoms with Crippen molar-refractivity contribution in [2.75, 3.05) is 6.61 Å². The summed E-state index contributed by atoms with van der Waals surface area (Å²) in [5, 5.41) is 3.72. The van der Waals surface area contributed by atoms with E-state index in [0.717, 1.165) is 0 Å². The molecule has 0 aromatic heterocycles. The zero-order chi connectivity index (χ0) is 16.9. The summed E-state index contributed by atoms with van der Waals surface area (Å²) in [5.41, 5.74) is 0. The number of oxime groups is 1. The van der Waals surface area contributed by atoms with Gasteiger partial charge in [-0.25, -0.2) is 4.57 Å². The van der Waals surface area contributed by atoms with Crippen molar-refractivity contribution in [3.63, 3.8) is 0 Å². The first-order valence-electron chi connectivity index (χ1n) is 6.98. The second kappa shape index (κ2) is 7.67. The molecule has 6 nitrogen and oxygen atoms in total. The van der Waals surface area contributed by atoms with Crippen LogP contribution in [0.5, 0.6) is 0 Å². The van der Waals surface area contributed by atoms with Gasteiger partial charge in [0.2, 0.25) is 0 Å². The van der Waals surface area contributed by atoms with E-state index in [2.05, 4.69) is 24.8 Å². The molecule has 0 N–H and O–H groups in total. The third-order valence-electron chi connectivity index (χ3n) is 1.58. The minimum atomic E-state index is -3.66. The first-order chi connectivity index (χ1) is 9.12. The Morgan fingerprint density at radius 1 is 0.857 bits per heavy atom. The summed E-state index contributed by atoms with van der Waals surface area (Å²) in [5.74, 6) is 0. The highest BCUT2D eigenvalue weighted by Crippen LogP contribution is 2.54. The predicted octanol–water partition coefficient (Wildman–Crippen LogP) is 4.65. The molecule has 0 aromatic rings. The summed E-state index contributed by atoms with van der Waals surface area (Å²) >= 11 is 0. The Hall–Kier alpha value is 0.231. The Bertz CT molecular complexity index is 378. The Labute approximate surface area is 132 Å². The van der Waals surface area contributed by atoms with E-state index in [1.165, 1.54) is 6.21 Å². The molecule has 0 heterocycles. The van der Waals surface area contributed by atoms with Gasteiger partial charge in [-0.2, -0.15) is 0 Å². The maximum atomic E-state index is 12.7. The second-order valence-electron chi connectivity index (χ2n) is 7.65. The Kier molecular flexibility index (Phi) is 7.75. The van der Waals surface area contributed by atoms with Crippen LogP contribution in [-0.2, 0) is 22.0 Å². The fourth-order valence-electron chi connectivity index (χ4n) is 1.13. The molecule has 0 aromatic carbocycles. The lowest BCUT2D eigenvalue weighted by Gasteiger charge is -2.27. The van der Waals surface area contributed by atoms with Gasteiger partial charge in [-0.3, -0.25) is 4.62 Å². The summed E-state index contributed by atoms with van der Waals surface area (Å²) in [4.78, 5) is 0.